The number of ether oxygens (including phenoxy) is 1. The SMILES string of the molecule is N#CC(=Cc1ccc(SCc2ccc(Cl)cc2)o1)C(=O)Nc1nnc(N2CCOCC2)s1. The van der Waals surface area contributed by atoms with Crippen molar-refractivity contribution < 1.29 is 13.9 Å². The van der Waals surface area contributed by atoms with E-state index in [1.165, 1.54) is 29.2 Å². The smallest absolute Gasteiger partial charge is 0.268 e. The number of nitrogens with zero attached hydrogens (tertiary/aromatic N) is 4. The number of rotatable bonds is 7. The van der Waals surface area contributed by atoms with Crippen LogP contribution >= 0.6 is 34.7 Å². The van der Waals surface area contributed by atoms with Gasteiger partial charge >= 0.3 is 0 Å². The molecule has 1 fully saturated rings. The molecule has 0 bridgehead atoms. The van der Waals surface area contributed by atoms with Gasteiger partial charge in [0.05, 0.1) is 13.2 Å². The van der Waals surface area contributed by atoms with E-state index in [1.54, 1.807) is 12.1 Å². The number of carbonyl (C=O) groups is 1. The molecule has 0 unspecified atom stereocenters. The van der Waals surface area contributed by atoms with E-state index in [4.69, 9.17) is 20.8 Å². The summed E-state index contributed by atoms with van der Waals surface area (Å²) in [6.07, 6.45) is 1.41. The van der Waals surface area contributed by atoms with E-state index in [0.29, 0.717) is 45.1 Å². The molecule has 1 aliphatic heterocycles. The third kappa shape index (κ3) is 5.89. The maximum atomic E-state index is 12.5. The molecule has 11 heteroatoms. The van der Waals surface area contributed by atoms with E-state index >= 15 is 0 Å². The lowest BCUT2D eigenvalue weighted by molar-refractivity contribution is -0.112. The van der Waals surface area contributed by atoms with Crippen LogP contribution in [0.2, 0.25) is 5.02 Å². The van der Waals surface area contributed by atoms with Crippen LogP contribution in [0.4, 0.5) is 10.3 Å². The summed E-state index contributed by atoms with van der Waals surface area (Å²) in [5.41, 5.74) is 1.02. The Kier molecular flexibility index (Phi) is 7.44. The molecule has 1 aromatic carbocycles. The van der Waals surface area contributed by atoms with Crippen LogP contribution in [-0.4, -0.2) is 42.4 Å². The standard InChI is InChI=1S/C21H18ClN5O3S2/c22-16-3-1-14(2-4-16)13-31-18-6-5-17(30-18)11-15(12-23)19(28)24-20-25-26-21(32-20)27-7-9-29-10-8-27/h1-6,11H,7-10,13H2,(H,24,25,28). The number of hydrogen-bond acceptors (Lipinski definition) is 9. The van der Waals surface area contributed by atoms with E-state index in [-0.39, 0.29) is 5.57 Å². The van der Waals surface area contributed by atoms with Crippen LogP contribution in [0, 0.1) is 11.3 Å². The molecule has 3 heterocycles. The van der Waals surface area contributed by atoms with Crippen LogP contribution in [-0.2, 0) is 15.3 Å². The maximum Gasteiger partial charge on any atom is 0.268 e. The number of anilines is 2. The Labute approximate surface area is 197 Å². The molecule has 1 amide bonds. The number of benzene rings is 1. The fraction of sp³-hybridized carbons (Fsp3) is 0.238. The van der Waals surface area contributed by atoms with Crippen LogP contribution in [0.1, 0.15) is 11.3 Å². The van der Waals surface area contributed by atoms with Gasteiger partial charge in [-0.2, -0.15) is 5.26 Å². The number of amides is 1. The average Bonchev–Trinajstić information content (AvgIpc) is 3.47. The highest BCUT2D eigenvalue weighted by atomic mass is 35.5. The van der Waals surface area contributed by atoms with Crippen molar-refractivity contribution in [1.29, 1.82) is 5.26 Å². The Hall–Kier alpha value is -2.84. The maximum absolute atomic E-state index is 12.5. The zero-order valence-electron chi connectivity index (χ0n) is 16.8. The largest absolute Gasteiger partial charge is 0.450 e. The normalized spacial score (nSPS) is 14.2. The zero-order valence-corrected chi connectivity index (χ0v) is 19.2. The molecule has 0 aliphatic carbocycles. The van der Waals surface area contributed by atoms with Crippen molar-refractivity contribution in [3.05, 3.63) is 58.3 Å². The molecule has 164 valence electrons. The lowest BCUT2D eigenvalue weighted by atomic mass is 10.2. The van der Waals surface area contributed by atoms with Gasteiger partial charge in [0, 0.05) is 29.9 Å². The summed E-state index contributed by atoms with van der Waals surface area (Å²) in [7, 11) is 0. The van der Waals surface area contributed by atoms with Crippen LogP contribution in [0.3, 0.4) is 0 Å². The van der Waals surface area contributed by atoms with Gasteiger partial charge in [0.2, 0.25) is 10.3 Å². The van der Waals surface area contributed by atoms with Crippen molar-refractivity contribution in [1.82, 2.24) is 10.2 Å². The molecule has 0 spiro atoms. The van der Waals surface area contributed by atoms with Crippen molar-refractivity contribution in [2.75, 3.05) is 36.5 Å². The van der Waals surface area contributed by atoms with Gasteiger partial charge in [0.25, 0.3) is 5.91 Å². The molecule has 1 aliphatic rings. The number of hydrogen-bond donors (Lipinski definition) is 1. The third-order valence-corrected chi connectivity index (χ3v) is 6.60. The van der Waals surface area contributed by atoms with Gasteiger partial charge in [-0.25, -0.2) is 0 Å². The average molecular weight is 488 g/mol. The number of morpholine rings is 1. The number of halogens is 1. The Morgan fingerprint density at radius 1 is 1.25 bits per heavy atom. The molecular weight excluding hydrogens is 470 g/mol. The molecule has 1 saturated heterocycles. The second-order valence-electron chi connectivity index (χ2n) is 6.69. The van der Waals surface area contributed by atoms with Crippen molar-refractivity contribution in [3.8, 4) is 6.07 Å². The van der Waals surface area contributed by atoms with E-state index in [1.807, 2.05) is 35.2 Å². The van der Waals surface area contributed by atoms with Crippen molar-refractivity contribution in [2.45, 2.75) is 10.8 Å². The van der Waals surface area contributed by atoms with Crippen molar-refractivity contribution in [2.24, 2.45) is 0 Å². The molecule has 0 atom stereocenters. The van der Waals surface area contributed by atoms with Crippen LogP contribution < -0.4 is 10.2 Å². The summed E-state index contributed by atoms with van der Waals surface area (Å²) in [4.78, 5) is 14.6. The minimum Gasteiger partial charge on any atom is -0.450 e. The molecule has 3 aromatic rings. The van der Waals surface area contributed by atoms with Gasteiger partial charge < -0.3 is 14.1 Å². The predicted molar refractivity (Wildman–Crippen MR) is 125 cm³/mol. The van der Waals surface area contributed by atoms with Crippen LogP contribution in [0.5, 0.6) is 0 Å². The summed E-state index contributed by atoms with van der Waals surface area (Å²) >= 11 is 8.67. The van der Waals surface area contributed by atoms with Gasteiger partial charge in [-0.05, 0) is 29.8 Å². The molecule has 32 heavy (non-hydrogen) atoms. The first-order valence-electron chi connectivity index (χ1n) is 9.67. The van der Waals surface area contributed by atoms with Crippen molar-refractivity contribution in [3.63, 3.8) is 0 Å². The van der Waals surface area contributed by atoms with E-state index in [2.05, 4.69) is 15.5 Å². The van der Waals surface area contributed by atoms with Crippen LogP contribution in [0.15, 0.2) is 51.5 Å². The van der Waals surface area contributed by atoms with Gasteiger partial charge in [-0.15, -0.1) is 10.2 Å². The summed E-state index contributed by atoms with van der Waals surface area (Å²) in [5.74, 6) is 0.563. The number of nitrogens with one attached hydrogen (secondary N) is 1. The van der Waals surface area contributed by atoms with Gasteiger partial charge in [0.1, 0.15) is 17.4 Å². The highest BCUT2D eigenvalue weighted by Crippen LogP contribution is 2.27. The fourth-order valence-corrected chi connectivity index (χ4v) is 4.57. The fourth-order valence-electron chi connectivity index (χ4n) is 2.83. The molecule has 1 N–H and O–H groups in total. The van der Waals surface area contributed by atoms with Crippen LogP contribution in [0.25, 0.3) is 6.08 Å². The number of furan rings is 1. The monoisotopic (exact) mass is 487 g/mol. The summed E-state index contributed by atoms with van der Waals surface area (Å²) < 4.78 is 11.1. The minimum absolute atomic E-state index is 0.0864. The summed E-state index contributed by atoms with van der Waals surface area (Å²) in [6, 6.07) is 13.0. The first kappa shape index (κ1) is 22.4. The molecule has 2 aromatic heterocycles. The van der Waals surface area contributed by atoms with E-state index in [0.717, 1.165) is 18.7 Å². The Morgan fingerprint density at radius 2 is 2.03 bits per heavy atom. The second-order valence-corrected chi connectivity index (χ2v) is 9.06. The minimum atomic E-state index is -0.566. The summed E-state index contributed by atoms with van der Waals surface area (Å²) in [6.45, 7) is 2.71. The Morgan fingerprint density at radius 3 is 2.78 bits per heavy atom. The first-order chi connectivity index (χ1) is 15.6. The van der Waals surface area contributed by atoms with Gasteiger partial charge in [0.15, 0.2) is 5.09 Å². The molecule has 8 nitrogen and oxygen atoms in total. The predicted octanol–water partition coefficient (Wildman–Crippen LogP) is 4.46. The quantitative estimate of drug-likeness (QED) is 0.296. The highest BCUT2D eigenvalue weighted by molar-refractivity contribution is 7.98. The second kappa shape index (κ2) is 10.7. The lowest BCUT2D eigenvalue weighted by Gasteiger charge is -2.25. The summed E-state index contributed by atoms with van der Waals surface area (Å²) in [5, 5.41) is 22.6. The van der Waals surface area contributed by atoms with Gasteiger partial charge in [-0.3, -0.25) is 10.1 Å². The first-order valence-corrected chi connectivity index (χ1v) is 11.8. The molecule has 0 saturated carbocycles. The number of aromatic nitrogens is 2. The van der Waals surface area contributed by atoms with Gasteiger partial charge in [-0.1, -0.05) is 46.8 Å². The Balaban J connectivity index is 1.36. The Bertz CT molecular complexity index is 1150. The topological polar surface area (TPSA) is 104 Å². The van der Waals surface area contributed by atoms with E-state index in [9.17, 15) is 10.1 Å². The molecule has 0 radical (unpaired) electrons. The number of carbonyl (C=O) groups excluding carboxylic acids is 1. The number of thioether (sulfide) groups is 1. The molecular formula is C21H18ClN5O3S2. The lowest BCUT2D eigenvalue weighted by Crippen LogP contribution is -2.36. The third-order valence-electron chi connectivity index (χ3n) is 4.46. The zero-order chi connectivity index (χ0) is 22.3. The highest BCUT2D eigenvalue weighted by Gasteiger charge is 2.18. The number of nitriles is 1. The van der Waals surface area contributed by atoms with Crippen molar-refractivity contribution >= 4 is 56.9 Å². The molecule has 4 rings (SSSR count). The van der Waals surface area contributed by atoms with E-state index < -0.39 is 5.91 Å².